The van der Waals surface area contributed by atoms with Crippen molar-refractivity contribution in [1.29, 1.82) is 0 Å². The number of piperidine rings is 1. The van der Waals surface area contributed by atoms with Gasteiger partial charge >= 0.3 is 0 Å². The second-order valence-electron chi connectivity index (χ2n) is 7.98. The fourth-order valence-corrected chi connectivity index (χ4v) is 4.20. The number of piperazine rings is 1. The first-order valence-corrected chi connectivity index (χ1v) is 10.1. The number of anilines is 1. The summed E-state index contributed by atoms with van der Waals surface area (Å²) in [6.45, 7) is 11.6. The lowest BCUT2D eigenvalue weighted by Crippen LogP contribution is -2.48. The van der Waals surface area contributed by atoms with Gasteiger partial charge in [0.2, 0.25) is 0 Å². The third-order valence-electron chi connectivity index (χ3n) is 5.82. The molecular formula is C21H36Cl2N4O. The van der Waals surface area contributed by atoms with Gasteiger partial charge in [-0.2, -0.15) is 0 Å². The summed E-state index contributed by atoms with van der Waals surface area (Å²) in [4.78, 5) is 19.8. The molecule has 0 radical (unpaired) electrons. The van der Waals surface area contributed by atoms with Crippen molar-refractivity contribution in [2.24, 2.45) is 5.92 Å². The molecule has 5 nitrogen and oxygen atoms in total. The van der Waals surface area contributed by atoms with Crippen LogP contribution in [0.15, 0.2) is 24.3 Å². The van der Waals surface area contributed by atoms with Crippen LogP contribution in [-0.2, 0) is 0 Å². The molecule has 1 aromatic carbocycles. The first-order chi connectivity index (χ1) is 12.6. The van der Waals surface area contributed by atoms with E-state index in [-0.39, 0.29) is 30.7 Å². The normalized spacial score (nSPS) is 20.5. The maximum Gasteiger partial charge on any atom is 0.253 e. The Hall–Kier alpha value is -1.01. The molecule has 1 atom stereocenters. The van der Waals surface area contributed by atoms with Crippen molar-refractivity contribution < 1.29 is 4.79 Å². The number of carbonyl (C=O) groups excluding carboxylic acids is 1. The van der Waals surface area contributed by atoms with Gasteiger partial charge in [0, 0.05) is 56.6 Å². The van der Waals surface area contributed by atoms with E-state index in [1.807, 2.05) is 24.1 Å². The van der Waals surface area contributed by atoms with Gasteiger partial charge in [-0.15, -0.1) is 24.8 Å². The van der Waals surface area contributed by atoms with Crippen molar-refractivity contribution in [1.82, 2.24) is 15.1 Å². The molecule has 1 unspecified atom stereocenters. The zero-order chi connectivity index (χ0) is 18.5. The van der Waals surface area contributed by atoms with Gasteiger partial charge in [-0.1, -0.05) is 0 Å². The summed E-state index contributed by atoms with van der Waals surface area (Å²) in [6, 6.07) is 8.87. The lowest BCUT2D eigenvalue weighted by molar-refractivity contribution is 0.0674. The molecule has 1 aromatic rings. The molecule has 0 aliphatic carbocycles. The quantitative estimate of drug-likeness (QED) is 0.778. The predicted molar refractivity (Wildman–Crippen MR) is 122 cm³/mol. The molecule has 7 heteroatoms. The zero-order valence-corrected chi connectivity index (χ0v) is 19.0. The van der Waals surface area contributed by atoms with Crippen LogP contribution < -0.4 is 10.2 Å². The van der Waals surface area contributed by atoms with E-state index >= 15 is 0 Å². The Morgan fingerprint density at radius 2 is 1.71 bits per heavy atom. The summed E-state index contributed by atoms with van der Waals surface area (Å²) in [5.74, 6) is 0.760. The molecule has 3 rings (SSSR count). The Balaban J connectivity index is 0.00000196. The average Bonchev–Trinajstić information content (AvgIpc) is 2.68. The first-order valence-electron chi connectivity index (χ1n) is 10.1. The Kier molecular flexibility index (Phi) is 10.6. The van der Waals surface area contributed by atoms with Gasteiger partial charge in [0.1, 0.15) is 0 Å². The minimum atomic E-state index is 0. The highest BCUT2D eigenvalue weighted by Crippen LogP contribution is 2.21. The van der Waals surface area contributed by atoms with Gasteiger partial charge in [0.15, 0.2) is 0 Å². The van der Waals surface area contributed by atoms with E-state index in [9.17, 15) is 4.79 Å². The van der Waals surface area contributed by atoms with E-state index in [0.717, 1.165) is 57.8 Å². The number of likely N-dealkylation sites (tertiary alicyclic amines) is 1. The van der Waals surface area contributed by atoms with Gasteiger partial charge in [-0.05, 0) is 70.5 Å². The third-order valence-corrected chi connectivity index (χ3v) is 5.82. The third kappa shape index (κ3) is 6.24. The van der Waals surface area contributed by atoms with E-state index in [4.69, 9.17) is 0 Å². The smallest absolute Gasteiger partial charge is 0.253 e. The molecule has 2 saturated heterocycles. The molecule has 160 valence electrons. The lowest BCUT2D eigenvalue weighted by atomic mass is 9.97. The van der Waals surface area contributed by atoms with Crippen molar-refractivity contribution in [3.05, 3.63) is 29.8 Å². The zero-order valence-electron chi connectivity index (χ0n) is 17.4. The van der Waals surface area contributed by atoms with E-state index < -0.39 is 0 Å². The van der Waals surface area contributed by atoms with E-state index in [0.29, 0.717) is 12.0 Å². The molecule has 0 bridgehead atoms. The number of nitrogens with one attached hydrogen (secondary N) is 1. The summed E-state index contributed by atoms with van der Waals surface area (Å²) in [7, 11) is 1.99. The van der Waals surface area contributed by atoms with Crippen LogP contribution in [0.3, 0.4) is 0 Å². The van der Waals surface area contributed by atoms with Crippen LogP contribution >= 0.6 is 24.8 Å². The number of hydrogen-bond donors (Lipinski definition) is 1. The first kappa shape index (κ1) is 25.0. The van der Waals surface area contributed by atoms with Crippen molar-refractivity contribution in [2.45, 2.75) is 32.7 Å². The van der Waals surface area contributed by atoms with Crippen LogP contribution in [0.1, 0.15) is 37.0 Å². The SMILES string of the molecule is CNCC1CCCN(C(=O)c2ccc(N3CCN(C(C)C)CC3)cc2)C1.Cl.Cl. The van der Waals surface area contributed by atoms with Gasteiger partial charge in [-0.3, -0.25) is 9.69 Å². The van der Waals surface area contributed by atoms with E-state index in [2.05, 4.69) is 41.1 Å². The number of halogens is 2. The van der Waals surface area contributed by atoms with Crippen LogP contribution in [0.5, 0.6) is 0 Å². The molecule has 0 saturated carbocycles. The molecule has 1 N–H and O–H groups in total. The molecule has 2 fully saturated rings. The number of hydrogen-bond acceptors (Lipinski definition) is 4. The fraction of sp³-hybridized carbons (Fsp3) is 0.667. The molecular weight excluding hydrogens is 395 g/mol. The van der Waals surface area contributed by atoms with Crippen LogP contribution in [0.4, 0.5) is 5.69 Å². The van der Waals surface area contributed by atoms with Crippen molar-refractivity contribution in [3.63, 3.8) is 0 Å². The van der Waals surface area contributed by atoms with Crippen molar-refractivity contribution >= 4 is 36.4 Å². The number of amides is 1. The maximum absolute atomic E-state index is 12.8. The van der Waals surface area contributed by atoms with Crippen molar-refractivity contribution in [3.8, 4) is 0 Å². The number of benzene rings is 1. The summed E-state index contributed by atoms with van der Waals surface area (Å²) >= 11 is 0. The number of rotatable bonds is 5. The average molecular weight is 431 g/mol. The summed E-state index contributed by atoms with van der Waals surface area (Å²) in [5, 5.41) is 3.24. The topological polar surface area (TPSA) is 38.8 Å². The van der Waals surface area contributed by atoms with Gasteiger partial charge in [-0.25, -0.2) is 0 Å². The number of carbonyl (C=O) groups is 1. The molecule has 1 amide bonds. The lowest BCUT2D eigenvalue weighted by Gasteiger charge is -2.38. The van der Waals surface area contributed by atoms with E-state index in [1.165, 1.54) is 12.1 Å². The summed E-state index contributed by atoms with van der Waals surface area (Å²) in [6.07, 6.45) is 2.32. The Morgan fingerprint density at radius 1 is 1.07 bits per heavy atom. The fourth-order valence-electron chi connectivity index (χ4n) is 4.20. The minimum Gasteiger partial charge on any atom is -0.369 e. The minimum absolute atomic E-state index is 0. The summed E-state index contributed by atoms with van der Waals surface area (Å²) < 4.78 is 0. The Labute approximate surface area is 182 Å². The van der Waals surface area contributed by atoms with Crippen LogP contribution in [-0.4, -0.2) is 74.6 Å². The monoisotopic (exact) mass is 430 g/mol. The standard InChI is InChI=1S/C21H34N4O.2ClH/c1-17(2)23-11-13-24(14-12-23)20-8-6-19(7-9-20)21(26)25-10-4-5-18(16-25)15-22-3;;/h6-9,17-18,22H,4-5,10-16H2,1-3H3;2*1H. The second-order valence-corrected chi connectivity index (χ2v) is 7.98. The number of nitrogens with zero attached hydrogens (tertiary/aromatic N) is 3. The van der Waals surface area contributed by atoms with Gasteiger partial charge in [0.05, 0.1) is 0 Å². The highest BCUT2D eigenvalue weighted by Gasteiger charge is 2.24. The molecule has 2 aliphatic rings. The van der Waals surface area contributed by atoms with E-state index in [1.54, 1.807) is 0 Å². The van der Waals surface area contributed by atoms with Gasteiger partial charge < -0.3 is 15.1 Å². The van der Waals surface area contributed by atoms with Crippen LogP contribution in [0.2, 0.25) is 0 Å². The molecule has 28 heavy (non-hydrogen) atoms. The Bertz CT molecular complexity index is 587. The van der Waals surface area contributed by atoms with Crippen LogP contribution in [0.25, 0.3) is 0 Å². The Morgan fingerprint density at radius 3 is 2.29 bits per heavy atom. The second kappa shape index (κ2) is 11.9. The van der Waals surface area contributed by atoms with Crippen LogP contribution in [0, 0.1) is 5.92 Å². The largest absolute Gasteiger partial charge is 0.369 e. The van der Waals surface area contributed by atoms with Crippen molar-refractivity contribution in [2.75, 3.05) is 57.8 Å². The molecule has 2 heterocycles. The molecule has 0 aromatic heterocycles. The molecule has 0 spiro atoms. The predicted octanol–water partition coefficient (Wildman–Crippen LogP) is 3.13. The highest BCUT2D eigenvalue weighted by atomic mass is 35.5. The molecule has 2 aliphatic heterocycles. The van der Waals surface area contributed by atoms with Gasteiger partial charge in [0.25, 0.3) is 5.91 Å². The highest BCUT2D eigenvalue weighted by molar-refractivity contribution is 5.94. The maximum atomic E-state index is 12.8. The summed E-state index contributed by atoms with van der Waals surface area (Å²) in [5.41, 5.74) is 2.05.